The summed E-state index contributed by atoms with van der Waals surface area (Å²) in [7, 11) is 0. The number of carboxylic acid groups (broad SMARTS) is 1. The molecule has 2 atom stereocenters. The molecule has 0 aromatic carbocycles. The quantitative estimate of drug-likeness (QED) is 0.805. The molecule has 2 rings (SSSR count). The van der Waals surface area contributed by atoms with Crippen molar-refractivity contribution in [1.82, 2.24) is 19.7 Å². The number of hydrogen-bond acceptors (Lipinski definition) is 4. The van der Waals surface area contributed by atoms with E-state index in [4.69, 9.17) is 5.11 Å². The van der Waals surface area contributed by atoms with Gasteiger partial charge in [0.1, 0.15) is 12.7 Å². The number of aliphatic carboxylic acids is 1. The van der Waals surface area contributed by atoms with Crippen LogP contribution in [0.5, 0.6) is 0 Å². The molecule has 1 aromatic rings. The van der Waals surface area contributed by atoms with Crippen molar-refractivity contribution in [3.63, 3.8) is 0 Å². The van der Waals surface area contributed by atoms with Crippen molar-refractivity contribution in [2.24, 2.45) is 11.8 Å². The maximum Gasteiger partial charge on any atom is 0.308 e. The van der Waals surface area contributed by atoms with Crippen LogP contribution in [0.15, 0.2) is 12.7 Å². The number of hydrogen-bond donors (Lipinski definition) is 1. The lowest BCUT2D eigenvalue weighted by Crippen LogP contribution is -2.30. The van der Waals surface area contributed by atoms with E-state index in [-0.39, 0.29) is 11.8 Å². The van der Waals surface area contributed by atoms with Crippen LogP contribution >= 0.6 is 0 Å². The zero-order valence-electron chi connectivity index (χ0n) is 10.2. The molecule has 1 fully saturated rings. The second kappa shape index (κ2) is 5.16. The Kier molecular flexibility index (Phi) is 3.59. The summed E-state index contributed by atoms with van der Waals surface area (Å²) in [6, 6.07) is 0. The van der Waals surface area contributed by atoms with Crippen molar-refractivity contribution < 1.29 is 14.7 Å². The second-order valence-corrected chi connectivity index (χ2v) is 4.63. The number of carboxylic acids is 1. The minimum Gasteiger partial charge on any atom is -0.481 e. The first kappa shape index (κ1) is 12.5. The molecule has 0 spiro atoms. The number of carbonyl (C=O) groups is 2. The van der Waals surface area contributed by atoms with Gasteiger partial charge >= 0.3 is 5.97 Å². The maximum absolute atomic E-state index is 11.9. The topological polar surface area (TPSA) is 88.3 Å². The molecule has 7 heteroatoms. The van der Waals surface area contributed by atoms with E-state index in [0.717, 1.165) is 0 Å². The highest BCUT2D eigenvalue weighted by molar-refractivity contribution is 5.78. The summed E-state index contributed by atoms with van der Waals surface area (Å²) in [6.07, 6.45) is 3.30. The lowest BCUT2D eigenvalue weighted by Gasteiger charge is -2.15. The lowest BCUT2D eigenvalue weighted by molar-refractivity contribution is -0.142. The normalized spacial score (nSPS) is 23.3. The molecule has 98 valence electrons. The zero-order valence-corrected chi connectivity index (χ0v) is 10.2. The fourth-order valence-electron chi connectivity index (χ4n) is 2.21. The Labute approximate surface area is 104 Å². The predicted molar refractivity (Wildman–Crippen MR) is 61.5 cm³/mol. The SMILES string of the molecule is CC1CN(C(=O)CCn2cncn2)CC1C(=O)O. The molecule has 2 unspecified atom stereocenters. The molecule has 1 saturated heterocycles. The van der Waals surface area contributed by atoms with Crippen molar-refractivity contribution in [1.29, 1.82) is 0 Å². The summed E-state index contributed by atoms with van der Waals surface area (Å²) in [6.45, 7) is 3.17. The van der Waals surface area contributed by atoms with Crippen LogP contribution in [0, 0.1) is 11.8 Å². The number of aryl methyl sites for hydroxylation is 1. The van der Waals surface area contributed by atoms with Gasteiger partial charge in [-0.3, -0.25) is 14.3 Å². The van der Waals surface area contributed by atoms with E-state index < -0.39 is 11.9 Å². The largest absolute Gasteiger partial charge is 0.481 e. The van der Waals surface area contributed by atoms with Crippen LogP contribution < -0.4 is 0 Å². The number of aromatic nitrogens is 3. The van der Waals surface area contributed by atoms with Gasteiger partial charge in [0.05, 0.1) is 12.5 Å². The number of nitrogens with zero attached hydrogens (tertiary/aromatic N) is 4. The van der Waals surface area contributed by atoms with Crippen molar-refractivity contribution in [3.8, 4) is 0 Å². The molecular formula is C11H16N4O3. The third-order valence-corrected chi connectivity index (χ3v) is 3.30. The van der Waals surface area contributed by atoms with Crippen molar-refractivity contribution in [2.75, 3.05) is 13.1 Å². The van der Waals surface area contributed by atoms with E-state index in [0.29, 0.717) is 26.1 Å². The molecule has 1 amide bonds. The van der Waals surface area contributed by atoms with Crippen LogP contribution in [0.4, 0.5) is 0 Å². The molecule has 0 radical (unpaired) electrons. The Bertz CT molecular complexity index is 432. The van der Waals surface area contributed by atoms with Crippen LogP contribution in [-0.2, 0) is 16.1 Å². The van der Waals surface area contributed by atoms with Gasteiger partial charge in [0, 0.05) is 19.5 Å². The Morgan fingerprint density at radius 3 is 2.78 bits per heavy atom. The first-order valence-corrected chi connectivity index (χ1v) is 5.91. The van der Waals surface area contributed by atoms with E-state index in [2.05, 4.69) is 10.1 Å². The van der Waals surface area contributed by atoms with Gasteiger partial charge in [-0.2, -0.15) is 5.10 Å². The summed E-state index contributed by atoms with van der Waals surface area (Å²) >= 11 is 0. The highest BCUT2D eigenvalue weighted by atomic mass is 16.4. The molecule has 1 aromatic heterocycles. The Balaban J connectivity index is 1.85. The summed E-state index contributed by atoms with van der Waals surface area (Å²) in [4.78, 5) is 28.3. The van der Waals surface area contributed by atoms with E-state index >= 15 is 0 Å². The Hall–Kier alpha value is -1.92. The van der Waals surface area contributed by atoms with Crippen LogP contribution in [0.25, 0.3) is 0 Å². The molecule has 0 bridgehead atoms. The average Bonchev–Trinajstić information content (AvgIpc) is 2.94. The molecular weight excluding hydrogens is 236 g/mol. The first-order valence-electron chi connectivity index (χ1n) is 5.91. The van der Waals surface area contributed by atoms with Gasteiger partial charge in [0.15, 0.2) is 0 Å². The summed E-state index contributed by atoms with van der Waals surface area (Å²) < 4.78 is 1.59. The van der Waals surface area contributed by atoms with E-state index in [9.17, 15) is 9.59 Å². The van der Waals surface area contributed by atoms with Crippen molar-refractivity contribution in [2.45, 2.75) is 19.9 Å². The van der Waals surface area contributed by atoms with Crippen LogP contribution in [-0.4, -0.2) is 49.7 Å². The summed E-state index contributed by atoms with van der Waals surface area (Å²) in [5.74, 6) is -1.28. The third-order valence-electron chi connectivity index (χ3n) is 3.30. The van der Waals surface area contributed by atoms with E-state index in [1.807, 2.05) is 6.92 Å². The van der Waals surface area contributed by atoms with E-state index in [1.165, 1.54) is 6.33 Å². The first-order chi connectivity index (χ1) is 8.58. The van der Waals surface area contributed by atoms with Gasteiger partial charge < -0.3 is 10.0 Å². The molecule has 1 aliphatic heterocycles. The minimum atomic E-state index is -0.825. The molecule has 7 nitrogen and oxygen atoms in total. The molecule has 1 aliphatic rings. The van der Waals surface area contributed by atoms with E-state index in [1.54, 1.807) is 15.9 Å². The predicted octanol–water partition coefficient (Wildman–Crippen LogP) is -0.153. The number of carbonyl (C=O) groups excluding carboxylic acids is 1. The molecule has 1 N–H and O–H groups in total. The highest BCUT2D eigenvalue weighted by Crippen LogP contribution is 2.23. The molecule has 0 saturated carbocycles. The minimum absolute atomic E-state index is 0.0119. The zero-order chi connectivity index (χ0) is 13.1. The maximum atomic E-state index is 11.9. The number of amides is 1. The summed E-state index contributed by atoms with van der Waals surface area (Å²) in [5.41, 5.74) is 0. The van der Waals surface area contributed by atoms with Gasteiger partial charge in [0.25, 0.3) is 0 Å². The number of rotatable bonds is 4. The van der Waals surface area contributed by atoms with Crippen molar-refractivity contribution >= 4 is 11.9 Å². The molecule has 0 aliphatic carbocycles. The molecule has 2 heterocycles. The fourth-order valence-corrected chi connectivity index (χ4v) is 2.21. The lowest BCUT2D eigenvalue weighted by atomic mass is 9.99. The highest BCUT2D eigenvalue weighted by Gasteiger charge is 2.36. The van der Waals surface area contributed by atoms with Gasteiger partial charge in [-0.15, -0.1) is 0 Å². The Morgan fingerprint density at radius 1 is 1.44 bits per heavy atom. The summed E-state index contributed by atoms with van der Waals surface area (Å²) in [5, 5.41) is 12.9. The van der Waals surface area contributed by atoms with Crippen LogP contribution in [0.3, 0.4) is 0 Å². The van der Waals surface area contributed by atoms with Crippen molar-refractivity contribution in [3.05, 3.63) is 12.7 Å². The average molecular weight is 252 g/mol. The van der Waals surface area contributed by atoms with Crippen LogP contribution in [0.2, 0.25) is 0 Å². The Morgan fingerprint density at radius 2 is 2.22 bits per heavy atom. The monoisotopic (exact) mass is 252 g/mol. The van der Waals surface area contributed by atoms with Gasteiger partial charge in [-0.25, -0.2) is 4.98 Å². The van der Waals surface area contributed by atoms with Crippen LogP contribution in [0.1, 0.15) is 13.3 Å². The molecule has 18 heavy (non-hydrogen) atoms. The number of likely N-dealkylation sites (tertiary alicyclic amines) is 1. The van der Waals surface area contributed by atoms with Gasteiger partial charge in [-0.1, -0.05) is 6.92 Å². The van der Waals surface area contributed by atoms with Gasteiger partial charge in [0.2, 0.25) is 5.91 Å². The standard InChI is InChI=1S/C11H16N4O3/c1-8-4-14(5-9(8)11(17)18)10(16)2-3-15-7-12-6-13-15/h6-9H,2-5H2,1H3,(H,17,18). The fraction of sp³-hybridized carbons (Fsp3) is 0.636. The van der Waals surface area contributed by atoms with Gasteiger partial charge in [-0.05, 0) is 5.92 Å². The smallest absolute Gasteiger partial charge is 0.308 e. The third kappa shape index (κ3) is 2.66. The second-order valence-electron chi connectivity index (χ2n) is 4.63.